The van der Waals surface area contributed by atoms with Gasteiger partial charge in [0.05, 0.1) is 13.2 Å². The molecule has 0 saturated heterocycles. The summed E-state index contributed by atoms with van der Waals surface area (Å²) in [6, 6.07) is 0. The van der Waals surface area contributed by atoms with Crippen LogP contribution in [0.25, 0.3) is 0 Å². The Hall–Kier alpha value is -0.920. The fourth-order valence-electron chi connectivity index (χ4n) is 5.06. The Morgan fingerprint density at radius 3 is 1.84 bits per heavy atom. The molecule has 0 radical (unpaired) electrons. The molecule has 0 aromatic carbocycles. The molecule has 6 atom stereocenters. The number of hydrogen-bond acceptors (Lipinski definition) is 11. The SMILES string of the molecule is CCC/C=C\CCCCCCCCOCC(COP(=O)(O)OC1C(O)C(O)C(O)C(O)C1O)OC(=O)CCCCCCCCC. The van der Waals surface area contributed by atoms with Crippen molar-refractivity contribution >= 4 is 13.8 Å². The van der Waals surface area contributed by atoms with Crippen molar-refractivity contribution in [1.82, 2.24) is 0 Å². The van der Waals surface area contributed by atoms with E-state index in [0.717, 1.165) is 64.2 Å². The number of aliphatic hydroxyl groups is 5. The van der Waals surface area contributed by atoms with Crippen molar-refractivity contribution in [3.8, 4) is 0 Å². The Morgan fingerprint density at radius 1 is 0.689 bits per heavy atom. The van der Waals surface area contributed by atoms with Gasteiger partial charge in [-0.25, -0.2) is 4.57 Å². The van der Waals surface area contributed by atoms with Crippen LogP contribution in [0.3, 0.4) is 0 Å². The van der Waals surface area contributed by atoms with Crippen LogP contribution in [0.15, 0.2) is 12.2 Å². The first-order valence-electron chi connectivity index (χ1n) is 17.0. The number of phosphoric ester groups is 1. The van der Waals surface area contributed by atoms with E-state index in [2.05, 4.69) is 26.0 Å². The normalized spacial score (nSPS) is 25.8. The molecule has 1 rings (SSSR count). The summed E-state index contributed by atoms with van der Waals surface area (Å²) in [6.45, 7) is 4.08. The molecule has 45 heavy (non-hydrogen) atoms. The number of rotatable bonds is 27. The van der Waals surface area contributed by atoms with Crippen LogP contribution in [0.2, 0.25) is 0 Å². The highest BCUT2D eigenvalue weighted by atomic mass is 31.2. The molecule has 12 nitrogen and oxygen atoms in total. The van der Waals surface area contributed by atoms with Crippen molar-refractivity contribution in [3.63, 3.8) is 0 Å². The third kappa shape index (κ3) is 18.9. The zero-order chi connectivity index (χ0) is 33.5. The molecule has 1 fully saturated rings. The van der Waals surface area contributed by atoms with E-state index in [4.69, 9.17) is 18.5 Å². The van der Waals surface area contributed by atoms with E-state index in [1.807, 2.05) is 0 Å². The minimum absolute atomic E-state index is 0.0782. The monoisotopic (exact) mass is 668 g/mol. The quantitative estimate of drug-likeness (QED) is 0.0312. The summed E-state index contributed by atoms with van der Waals surface area (Å²) in [5.41, 5.74) is 0. The second-order valence-electron chi connectivity index (χ2n) is 12.0. The van der Waals surface area contributed by atoms with Crippen molar-refractivity contribution in [2.45, 2.75) is 166 Å². The van der Waals surface area contributed by atoms with E-state index in [1.54, 1.807) is 0 Å². The Bertz CT molecular complexity index is 812. The maximum atomic E-state index is 12.6. The third-order valence-corrected chi connectivity index (χ3v) is 8.85. The lowest BCUT2D eigenvalue weighted by atomic mass is 9.85. The van der Waals surface area contributed by atoms with Crippen LogP contribution in [0.5, 0.6) is 0 Å². The first kappa shape index (κ1) is 42.1. The molecule has 6 unspecified atom stereocenters. The number of esters is 1. The van der Waals surface area contributed by atoms with Gasteiger partial charge in [0.2, 0.25) is 0 Å². The highest BCUT2D eigenvalue weighted by molar-refractivity contribution is 7.47. The van der Waals surface area contributed by atoms with E-state index in [1.165, 1.54) is 32.1 Å². The molecule has 6 N–H and O–H groups in total. The number of carbonyl (C=O) groups is 1. The van der Waals surface area contributed by atoms with Crippen LogP contribution in [0.4, 0.5) is 0 Å². The zero-order valence-electron chi connectivity index (χ0n) is 27.4. The van der Waals surface area contributed by atoms with E-state index < -0.39 is 63.1 Å². The van der Waals surface area contributed by atoms with Crippen molar-refractivity contribution < 1.29 is 58.3 Å². The van der Waals surface area contributed by atoms with Crippen LogP contribution in [-0.4, -0.2) is 98.9 Å². The first-order valence-corrected chi connectivity index (χ1v) is 18.5. The average molecular weight is 669 g/mol. The van der Waals surface area contributed by atoms with Gasteiger partial charge in [0.25, 0.3) is 0 Å². The third-order valence-electron chi connectivity index (χ3n) is 7.87. The molecule has 1 aliphatic carbocycles. The lowest BCUT2D eigenvalue weighted by Gasteiger charge is -2.41. The lowest BCUT2D eigenvalue weighted by Crippen LogP contribution is -2.64. The summed E-state index contributed by atoms with van der Waals surface area (Å²) in [7, 11) is -4.99. The molecular formula is C32H61O12P. The van der Waals surface area contributed by atoms with Crippen LogP contribution in [0, 0.1) is 0 Å². The first-order chi connectivity index (χ1) is 21.5. The van der Waals surface area contributed by atoms with E-state index in [9.17, 15) is 39.8 Å². The number of aliphatic hydroxyl groups excluding tert-OH is 5. The number of carbonyl (C=O) groups excluding carboxylic acids is 1. The molecular weight excluding hydrogens is 607 g/mol. The van der Waals surface area contributed by atoms with Crippen LogP contribution < -0.4 is 0 Å². The van der Waals surface area contributed by atoms with Crippen LogP contribution in [-0.2, 0) is 27.9 Å². The molecule has 13 heteroatoms. The van der Waals surface area contributed by atoms with Crippen LogP contribution >= 0.6 is 7.82 Å². The molecule has 0 aromatic rings. The van der Waals surface area contributed by atoms with Gasteiger partial charge in [-0.2, -0.15) is 0 Å². The summed E-state index contributed by atoms with van der Waals surface area (Å²) in [5, 5.41) is 49.7. The Balaban J connectivity index is 2.53. The van der Waals surface area contributed by atoms with Gasteiger partial charge in [0.1, 0.15) is 42.7 Å². The maximum Gasteiger partial charge on any atom is 0.472 e. The van der Waals surface area contributed by atoms with Crippen molar-refractivity contribution in [1.29, 1.82) is 0 Å². The molecule has 0 bridgehead atoms. The summed E-state index contributed by atoms with van der Waals surface area (Å²) >= 11 is 0. The van der Waals surface area contributed by atoms with Crippen molar-refractivity contribution in [3.05, 3.63) is 12.2 Å². The molecule has 0 amide bonds. The molecule has 266 valence electrons. The Labute approximate surface area is 269 Å². The average Bonchev–Trinajstić information content (AvgIpc) is 3.01. The second-order valence-corrected chi connectivity index (χ2v) is 13.4. The number of ether oxygens (including phenoxy) is 2. The molecule has 1 saturated carbocycles. The predicted octanol–water partition coefficient (Wildman–Crippen LogP) is 4.46. The van der Waals surface area contributed by atoms with Gasteiger partial charge < -0.3 is 39.9 Å². The minimum atomic E-state index is -4.99. The van der Waals surface area contributed by atoms with Gasteiger partial charge in [-0.05, 0) is 32.1 Å². The number of phosphoric acid groups is 1. The van der Waals surface area contributed by atoms with Gasteiger partial charge in [-0.15, -0.1) is 0 Å². The zero-order valence-corrected chi connectivity index (χ0v) is 28.3. The standard InChI is InChI=1S/C32H61O12P/c1-3-5-7-9-11-12-13-14-16-18-20-22-41-23-25(43-26(33)21-19-17-15-10-8-6-4-2)24-42-45(39,40)44-32-30(37)28(35)27(34)29(36)31(32)38/h7,9,25,27-32,34-38H,3-6,8,10-24H2,1-2H3,(H,39,40)/b9-7-. The second kappa shape index (κ2) is 25.1. The number of hydrogen-bond donors (Lipinski definition) is 6. The van der Waals surface area contributed by atoms with Gasteiger partial charge in [-0.3, -0.25) is 13.8 Å². The fourth-order valence-corrected chi connectivity index (χ4v) is 6.03. The highest BCUT2D eigenvalue weighted by Crippen LogP contribution is 2.47. The molecule has 1 aliphatic rings. The fraction of sp³-hybridized carbons (Fsp3) is 0.906. The predicted molar refractivity (Wildman–Crippen MR) is 170 cm³/mol. The van der Waals surface area contributed by atoms with E-state index in [0.29, 0.717) is 13.0 Å². The summed E-state index contributed by atoms with van der Waals surface area (Å²) in [4.78, 5) is 22.8. The summed E-state index contributed by atoms with van der Waals surface area (Å²) in [5.74, 6) is -0.489. The molecule has 0 aliphatic heterocycles. The number of allylic oxidation sites excluding steroid dienone is 2. The number of unbranched alkanes of at least 4 members (excludes halogenated alkanes) is 13. The molecule has 0 aromatic heterocycles. The lowest BCUT2D eigenvalue weighted by molar-refractivity contribution is -0.220. The summed E-state index contributed by atoms with van der Waals surface area (Å²) < 4.78 is 33.7. The van der Waals surface area contributed by atoms with Crippen molar-refractivity contribution in [2.24, 2.45) is 0 Å². The maximum absolute atomic E-state index is 12.6. The van der Waals surface area contributed by atoms with E-state index in [-0.39, 0.29) is 13.0 Å². The topological polar surface area (TPSA) is 192 Å². The smallest absolute Gasteiger partial charge is 0.457 e. The minimum Gasteiger partial charge on any atom is -0.457 e. The largest absolute Gasteiger partial charge is 0.472 e. The van der Waals surface area contributed by atoms with Gasteiger partial charge in [0, 0.05) is 13.0 Å². The van der Waals surface area contributed by atoms with Crippen LogP contribution in [0.1, 0.15) is 123 Å². The Morgan fingerprint density at radius 2 is 1.22 bits per heavy atom. The van der Waals surface area contributed by atoms with E-state index >= 15 is 0 Å². The van der Waals surface area contributed by atoms with Gasteiger partial charge in [-0.1, -0.05) is 96.6 Å². The Kier molecular flexibility index (Phi) is 23.5. The molecule has 0 spiro atoms. The van der Waals surface area contributed by atoms with Crippen molar-refractivity contribution in [2.75, 3.05) is 19.8 Å². The summed E-state index contributed by atoms with van der Waals surface area (Å²) in [6.07, 6.45) is 9.06. The van der Waals surface area contributed by atoms with Gasteiger partial charge >= 0.3 is 13.8 Å². The van der Waals surface area contributed by atoms with Gasteiger partial charge in [0.15, 0.2) is 0 Å². The molecule has 0 heterocycles. The highest BCUT2D eigenvalue weighted by Gasteiger charge is 2.51.